The molecule has 2 saturated heterocycles. The number of carbonyl (C=O) groups excluding carboxylic acids is 2. The van der Waals surface area contributed by atoms with Crippen molar-refractivity contribution in [3.63, 3.8) is 0 Å². The second kappa shape index (κ2) is 10.4. The van der Waals surface area contributed by atoms with Gasteiger partial charge in [0.25, 0.3) is 0 Å². The number of nitrogens with zero attached hydrogens (tertiary/aromatic N) is 3. The van der Waals surface area contributed by atoms with Gasteiger partial charge in [-0.25, -0.2) is 9.59 Å². The fourth-order valence-electron chi connectivity index (χ4n) is 4.23. The molecule has 1 aromatic carbocycles. The minimum Gasteiger partial charge on any atom is -0.456 e. The molecule has 1 amide bonds. The summed E-state index contributed by atoms with van der Waals surface area (Å²) in [6.45, 7) is 16.3. The lowest BCUT2D eigenvalue weighted by atomic mass is 10.0. The number of ether oxygens (including phenoxy) is 2. The molecular formula is C26H42N4O4. The Kier molecular flexibility index (Phi) is 8.01. The summed E-state index contributed by atoms with van der Waals surface area (Å²) in [4.78, 5) is 32.1. The second-order valence-electron chi connectivity index (χ2n) is 11.4. The lowest BCUT2D eigenvalue weighted by Gasteiger charge is -2.36. The van der Waals surface area contributed by atoms with Crippen molar-refractivity contribution >= 4 is 23.4 Å². The Morgan fingerprint density at radius 1 is 0.941 bits per heavy atom. The second-order valence-corrected chi connectivity index (χ2v) is 11.4. The van der Waals surface area contributed by atoms with Crippen molar-refractivity contribution in [2.45, 2.75) is 71.6 Å². The number of esters is 1. The first-order valence-electron chi connectivity index (χ1n) is 12.4. The fourth-order valence-corrected chi connectivity index (χ4v) is 4.23. The molecular weight excluding hydrogens is 432 g/mol. The number of rotatable bonds is 4. The van der Waals surface area contributed by atoms with Crippen LogP contribution in [0.2, 0.25) is 0 Å². The van der Waals surface area contributed by atoms with Crippen LogP contribution >= 0.6 is 0 Å². The highest BCUT2D eigenvalue weighted by molar-refractivity contribution is 5.97. The number of piperidine rings is 1. The van der Waals surface area contributed by atoms with E-state index in [4.69, 9.17) is 9.47 Å². The average Bonchev–Trinajstić information content (AvgIpc) is 2.72. The number of benzene rings is 1. The Morgan fingerprint density at radius 3 is 2.21 bits per heavy atom. The molecule has 8 nitrogen and oxygen atoms in total. The molecule has 8 heteroatoms. The molecule has 0 spiro atoms. The quantitative estimate of drug-likeness (QED) is 0.656. The molecule has 2 aliphatic rings. The normalized spacial score (nSPS) is 20.1. The molecule has 1 unspecified atom stereocenters. The van der Waals surface area contributed by atoms with E-state index in [0.29, 0.717) is 18.7 Å². The van der Waals surface area contributed by atoms with Crippen LogP contribution in [0.1, 0.15) is 64.7 Å². The lowest BCUT2D eigenvalue weighted by molar-refractivity contribution is 0.00688. The van der Waals surface area contributed by atoms with Crippen molar-refractivity contribution in [3.05, 3.63) is 23.8 Å². The molecule has 34 heavy (non-hydrogen) atoms. The molecule has 2 aliphatic heterocycles. The van der Waals surface area contributed by atoms with E-state index in [1.165, 1.54) is 0 Å². The SMILES string of the molecule is CN1CCN(c2ccc(C(=O)OC(C)(C)C)c(NC3CCCN(C(=O)OC(C)(C)C)C3)c2)CC1. The number of likely N-dealkylation sites (tertiary alicyclic amines) is 1. The first-order valence-corrected chi connectivity index (χ1v) is 12.4. The Balaban J connectivity index is 1.81. The fraction of sp³-hybridized carbons (Fsp3) is 0.692. The summed E-state index contributed by atoms with van der Waals surface area (Å²) in [5.41, 5.74) is 1.24. The van der Waals surface area contributed by atoms with E-state index in [1.54, 1.807) is 4.90 Å². The molecule has 2 heterocycles. The largest absolute Gasteiger partial charge is 0.456 e. The van der Waals surface area contributed by atoms with Gasteiger partial charge >= 0.3 is 12.1 Å². The molecule has 0 aromatic heterocycles. The van der Waals surface area contributed by atoms with Gasteiger partial charge in [-0.2, -0.15) is 0 Å². The third-order valence-electron chi connectivity index (χ3n) is 5.92. The van der Waals surface area contributed by atoms with E-state index in [9.17, 15) is 9.59 Å². The summed E-state index contributed by atoms with van der Waals surface area (Å²) >= 11 is 0. The summed E-state index contributed by atoms with van der Waals surface area (Å²) in [5.74, 6) is -0.347. The topological polar surface area (TPSA) is 74.4 Å². The molecule has 0 aliphatic carbocycles. The van der Waals surface area contributed by atoms with E-state index in [1.807, 2.05) is 53.7 Å². The van der Waals surface area contributed by atoms with Gasteiger partial charge in [0.15, 0.2) is 0 Å². The molecule has 3 rings (SSSR count). The Hall–Kier alpha value is -2.48. The monoisotopic (exact) mass is 474 g/mol. The standard InChI is InChI=1S/C26H42N4O4/c1-25(2,3)33-23(31)21-11-10-20(29-15-13-28(7)14-16-29)17-22(21)27-19-9-8-12-30(18-19)24(32)34-26(4,5)6/h10-11,17,19,27H,8-9,12-16,18H2,1-7H3. The maximum Gasteiger partial charge on any atom is 0.410 e. The third-order valence-corrected chi connectivity index (χ3v) is 5.92. The molecule has 0 bridgehead atoms. The van der Waals surface area contributed by atoms with E-state index in [0.717, 1.165) is 50.4 Å². The first-order chi connectivity index (χ1) is 15.8. The minimum absolute atomic E-state index is 0.0187. The predicted molar refractivity (Wildman–Crippen MR) is 136 cm³/mol. The van der Waals surface area contributed by atoms with Crippen LogP contribution in [-0.4, -0.2) is 85.4 Å². The van der Waals surface area contributed by atoms with Crippen molar-refractivity contribution < 1.29 is 19.1 Å². The summed E-state index contributed by atoms with van der Waals surface area (Å²) in [5, 5.41) is 3.56. The first kappa shape index (κ1) is 26.1. The molecule has 2 fully saturated rings. The zero-order valence-corrected chi connectivity index (χ0v) is 21.9. The van der Waals surface area contributed by atoms with E-state index >= 15 is 0 Å². The van der Waals surface area contributed by atoms with Crippen LogP contribution in [0, 0.1) is 0 Å². The van der Waals surface area contributed by atoms with Gasteiger partial charge in [-0.15, -0.1) is 0 Å². The van der Waals surface area contributed by atoms with E-state index in [2.05, 4.69) is 28.2 Å². The van der Waals surface area contributed by atoms with Gasteiger partial charge in [0.2, 0.25) is 0 Å². The maximum absolute atomic E-state index is 13.0. The summed E-state index contributed by atoms with van der Waals surface area (Å²) in [7, 11) is 2.13. The van der Waals surface area contributed by atoms with Crippen molar-refractivity contribution in [1.29, 1.82) is 0 Å². The smallest absolute Gasteiger partial charge is 0.410 e. The molecule has 190 valence electrons. The predicted octanol–water partition coefficient (Wildman–Crippen LogP) is 4.21. The van der Waals surface area contributed by atoms with Crippen LogP contribution in [-0.2, 0) is 9.47 Å². The van der Waals surface area contributed by atoms with Crippen molar-refractivity contribution in [2.75, 3.05) is 56.5 Å². The lowest BCUT2D eigenvalue weighted by Crippen LogP contribution is -2.47. The molecule has 1 N–H and O–H groups in total. The average molecular weight is 475 g/mol. The zero-order valence-electron chi connectivity index (χ0n) is 21.9. The van der Waals surface area contributed by atoms with Crippen molar-refractivity contribution in [2.24, 2.45) is 0 Å². The summed E-state index contributed by atoms with van der Waals surface area (Å²) in [6.07, 6.45) is 1.49. The summed E-state index contributed by atoms with van der Waals surface area (Å²) < 4.78 is 11.3. The van der Waals surface area contributed by atoms with Crippen LogP contribution in [0.5, 0.6) is 0 Å². The van der Waals surface area contributed by atoms with Gasteiger partial charge in [0.05, 0.1) is 11.3 Å². The van der Waals surface area contributed by atoms with Crippen molar-refractivity contribution in [3.8, 4) is 0 Å². The number of carbonyl (C=O) groups is 2. The van der Waals surface area contributed by atoms with Gasteiger partial charge in [-0.3, -0.25) is 0 Å². The van der Waals surface area contributed by atoms with Crippen LogP contribution in [0.25, 0.3) is 0 Å². The summed E-state index contributed by atoms with van der Waals surface area (Å²) in [6, 6.07) is 5.93. The number of likely N-dealkylation sites (N-methyl/N-ethyl adjacent to an activating group) is 1. The van der Waals surface area contributed by atoms with Crippen LogP contribution in [0.3, 0.4) is 0 Å². The zero-order chi connectivity index (χ0) is 25.1. The maximum atomic E-state index is 13.0. The number of hydrogen-bond donors (Lipinski definition) is 1. The van der Waals surface area contributed by atoms with Gasteiger partial charge in [0.1, 0.15) is 11.2 Å². The Morgan fingerprint density at radius 2 is 1.59 bits per heavy atom. The highest BCUT2D eigenvalue weighted by Crippen LogP contribution is 2.29. The molecule has 1 aromatic rings. The van der Waals surface area contributed by atoms with Crippen molar-refractivity contribution in [1.82, 2.24) is 9.80 Å². The Bertz CT molecular complexity index is 867. The number of piperazine rings is 1. The van der Waals surface area contributed by atoms with Crippen LogP contribution in [0.15, 0.2) is 18.2 Å². The Labute approximate surface area is 204 Å². The highest BCUT2D eigenvalue weighted by Gasteiger charge is 2.29. The number of nitrogens with one attached hydrogen (secondary N) is 1. The van der Waals surface area contributed by atoms with Crippen LogP contribution < -0.4 is 10.2 Å². The molecule has 0 radical (unpaired) electrons. The van der Waals surface area contributed by atoms with Gasteiger partial charge in [-0.1, -0.05) is 0 Å². The number of hydrogen-bond acceptors (Lipinski definition) is 7. The van der Waals surface area contributed by atoms with E-state index in [-0.39, 0.29) is 18.1 Å². The van der Waals surface area contributed by atoms with Gasteiger partial charge in [0, 0.05) is 51.0 Å². The highest BCUT2D eigenvalue weighted by atomic mass is 16.6. The third kappa shape index (κ3) is 7.52. The minimum atomic E-state index is -0.581. The van der Waals surface area contributed by atoms with Gasteiger partial charge in [-0.05, 0) is 79.6 Å². The van der Waals surface area contributed by atoms with Crippen LogP contribution in [0.4, 0.5) is 16.2 Å². The molecule has 0 saturated carbocycles. The van der Waals surface area contributed by atoms with E-state index < -0.39 is 11.2 Å². The number of anilines is 2. The number of amides is 1. The molecule has 1 atom stereocenters. The van der Waals surface area contributed by atoms with Gasteiger partial charge < -0.3 is 29.5 Å².